The summed E-state index contributed by atoms with van der Waals surface area (Å²) in [6.07, 6.45) is 9.37. The second-order valence-corrected chi connectivity index (χ2v) is 4.68. The fourth-order valence-corrected chi connectivity index (χ4v) is 2.21. The summed E-state index contributed by atoms with van der Waals surface area (Å²) in [6, 6.07) is 0.394. The number of thiazole rings is 1. The Morgan fingerprint density at radius 2 is 2.33 bits per heavy atom. The van der Waals surface area contributed by atoms with Gasteiger partial charge >= 0.3 is 0 Å². The van der Waals surface area contributed by atoms with E-state index in [4.69, 9.17) is 6.42 Å². The Hall–Kier alpha value is -0.850. The van der Waals surface area contributed by atoms with Crippen LogP contribution in [0.2, 0.25) is 0 Å². The minimum absolute atomic E-state index is 0.147. The lowest BCUT2D eigenvalue weighted by atomic mass is 10.2. The van der Waals surface area contributed by atoms with E-state index < -0.39 is 0 Å². The summed E-state index contributed by atoms with van der Waals surface area (Å²) >= 11 is 1.76. The smallest absolute Gasteiger partial charge is 0.109 e. The highest BCUT2D eigenvalue weighted by Crippen LogP contribution is 2.20. The molecule has 1 N–H and O–H groups in total. The van der Waals surface area contributed by atoms with Crippen LogP contribution in [0.25, 0.3) is 0 Å². The van der Waals surface area contributed by atoms with E-state index in [1.807, 2.05) is 6.20 Å². The molecule has 1 rings (SSSR count). The van der Waals surface area contributed by atoms with E-state index in [0.717, 1.165) is 17.8 Å². The number of terminal acetylenes is 1. The first kappa shape index (κ1) is 12.2. The van der Waals surface area contributed by atoms with Gasteiger partial charge in [0.25, 0.3) is 0 Å². The number of hydrogen-bond donors (Lipinski definition) is 1. The Kier molecular flexibility index (Phi) is 4.80. The van der Waals surface area contributed by atoms with Crippen LogP contribution in [0.15, 0.2) is 6.20 Å². The number of rotatable bonds is 5. The molecule has 2 atom stereocenters. The van der Waals surface area contributed by atoms with Crippen LogP contribution in [-0.2, 0) is 6.42 Å². The maximum atomic E-state index is 5.41. The third kappa shape index (κ3) is 3.33. The summed E-state index contributed by atoms with van der Waals surface area (Å²) in [7, 11) is 0. The van der Waals surface area contributed by atoms with Crippen LogP contribution in [0.5, 0.6) is 0 Å². The van der Waals surface area contributed by atoms with Gasteiger partial charge < -0.3 is 0 Å². The lowest BCUT2D eigenvalue weighted by molar-refractivity contribution is 0.510. The summed E-state index contributed by atoms with van der Waals surface area (Å²) in [4.78, 5) is 5.72. The first-order valence-corrected chi connectivity index (χ1v) is 6.19. The highest BCUT2D eigenvalue weighted by atomic mass is 32.1. The van der Waals surface area contributed by atoms with E-state index in [1.165, 1.54) is 4.88 Å². The van der Waals surface area contributed by atoms with E-state index in [-0.39, 0.29) is 12.1 Å². The highest BCUT2D eigenvalue weighted by Gasteiger charge is 2.12. The molecule has 15 heavy (non-hydrogen) atoms. The third-order valence-electron chi connectivity index (χ3n) is 2.35. The van der Waals surface area contributed by atoms with Gasteiger partial charge in [-0.2, -0.15) is 0 Å². The fraction of sp³-hybridized carbons (Fsp3) is 0.583. The van der Waals surface area contributed by atoms with Crippen LogP contribution in [0.3, 0.4) is 0 Å². The highest BCUT2D eigenvalue weighted by molar-refractivity contribution is 7.11. The molecule has 0 aliphatic rings. The topological polar surface area (TPSA) is 24.9 Å². The molecule has 0 amide bonds. The third-order valence-corrected chi connectivity index (χ3v) is 3.68. The van der Waals surface area contributed by atoms with Crippen molar-refractivity contribution in [1.82, 2.24) is 10.3 Å². The lowest BCUT2D eigenvalue weighted by Gasteiger charge is -2.15. The van der Waals surface area contributed by atoms with Crippen LogP contribution in [0.1, 0.15) is 43.1 Å². The van der Waals surface area contributed by atoms with Gasteiger partial charge in [-0.05, 0) is 19.8 Å². The van der Waals surface area contributed by atoms with Crippen molar-refractivity contribution in [2.24, 2.45) is 0 Å². The molecule has 3 heteroatoms. The van der Waals surface area contributed by atoms with Crippen molar-refractivity contribution in [2.75, 3.05) is 0 Å². The van der Waals surface area contributed by atoms with Crippen molar-refractivity contribution >= 4 is 11.3 Å². The zero-order valence-electron chi connectivity index (χ0n) is 9.58. The molecule has 0 radical (unpaired) electrons. The largest absolute Gasteiger partial charge is 0.295 e. The van der Waals surface area contributed by atoms with Crippen molar-refractivity contribution in [2.45, 2.75) is 45.7 Å². The monoisotopic (exact) mass is 222 g/mol. The zero-order chi connectivity index (χ0) is 11.3. The molecule has 0 aliphatic heterocycles. The van der Waals surface area contributed by atoms with Gasteiger partial charge in [0, 0.05) is 11.1 Å². The maximum Gasteiger partial charge on any atom is 0.109 e. The minimum atomic E-state index is 0.147. The summed E-state index contributed by atoms with van der Waals surface area (Å²) in [5.41, 5.74) is 0. The normalized spacial score (nSPS) is 14.5. The van der Waals surface area contributed by atoms with Gasteiger partial charge in [0.15, 0.2) is 0 Å². The van der Waals surface area contributed by atoms with Gasteiger partial charge in [0.05, 0.1) is 12.1 Å². The average molecular weight is 222 g/mol. The van der Waals surface area contributed by atoms with Crippen LogP contribution in [-0.4, -0.2) is 11.0 Å². The Bertz CT molecular complexity index is 338. The van der Waals surface area contributed by atoms with Gasteiger partial charge in [-0.25, -0.2) is 4.98 Å². The van der Waals surface area contributed by atoms with Gasteiger partial charge in [-0.1, -0.05) is 19.8 Å². The molecule has 82 valence electrons. The van der Waals surface area contributed by atoms with Crippen molar-refractivity contribution in [3.8, 4) is 12.3 Å². The second kappa shape index (κ2) is 5.89. The van der Waals surface area contributed by atoms with E-state index in [1.54, 1.807) is 11.3 Å². The van der Waals surface area contributed by atoms with E-state index in [2.05, 4.69) is 37.0 Å². The summed E-state index contributed by atoms with van der Waals surface area (Å²) in [5, 5.41) is 4.51. The fourth-order valence-electron chi connectivity index (χ4n) is 1.34. The number of nitrogens with zero attached hydrogens (tertiary/aromatic N) is 1. The average Bonchev–Trinajstić information content (AvgIpc) is 2.74. The predicted octanol–water partition coefficient (Wildman–Crippen LogP) is 2.77. The van der Waals surface area contributed by atoms with Gasteiger partial charge in [-0.15, -0.1) is 17.8 Å². The van der Waals surface area contributed by atoms with Crippen molar-refractivity contribution in [3.63, 3.8) is 0 Å². The summed E-state index contributed by atoms with van der Waals surface area (Å²) < 4.78 is 0. The first-order chi connectivity index (χ1) is 7.21. The first-order valence-electron chi connectivity index (χ1n) is 5.38. The SMILES string of the molecule is C#CC(CC)NC(C)c1ncc(CC)s1. The number of aromatic nitrogens is 1. The van der Waals surface area contributed by atoms with Crippen LogP contribution in [0, 0.1) is 12.3 Å². The molecule has 0 spiro atoms. The van der Waals surface area contributed by atoms with Gasteiger partial charge in [0.2, 0.25) is 0 Å². The van der Waals surface area contributed by atoms with Crippen molar-refractivity contribution < 1.29 is 0 Å². The predicted molar refractivity (Wildman–Crippen MR) is 66.0 cm³/mol. The summed E-state index contributed by atoms with van der Waals surface area (Å²) in [6.45, 7) is 6.34. The molecule has 0 fully saturated rings. The standard InChI is InChI=1S/C12H18N2S/c1-5-10(6-2)14-9(4)12-13-8-11(7-3)15-12/h1,8-10,14H,6-7H2,2-4H3. The van der Waals surface area contributed by atoms with Gasteiger partial charge in [-0.3, -0.25) is 5.32 Å². The molecule has 2 nitrogen and oxygen atoms in total. The Morgan fingerprint density at radius 3 is 2.80 bits per heavy atom. The Morgan fingerprint density at radius 1 is 1.60 bits per heavy atom. The summed E-state index contributed by atoms with van der Waals surface area (Å²) in [5.74, 6) is 2.74. The molecule has 0 aromatic carbocycles. The maximum absolute atomic E-state index is 5.41. The second-order valence-electron chi connectivity index (χ2n) is 3.53. The van der Waals surface area contributed by atoms with E-state index in [9.17, 15) is 0 Å². The number of nitrogens with one attached hydrogen (secondary N) is 1. The van der Waals surface area contributed by atoms with Crippen molar-refractivity contribution in [3.05, 3.63) is 16.1 Å². The molecular formula is C12H18N2S. The van der Waals surface area contributed by atoms with Crippen LogP contribution < -0.4 is 5.32 Å². The van der Waals surface area contributed by atoms with E-state index >= 15 is 0 Å². The molecule has 0 saturated heterocycles. The molecule has 2 unspecified atom stereocenters. The molecule has 1 heterocycles. The van der Waals surface area contributed by atoms with Gasteiger partial charge in [0.1, 0.15) is 5.01 Å². The number of aryl methyl sites for hydroxylation is 1. The quantitative estimate of drug-likeness (QED) is 0.775. The molecule has 1 aromatic rings. The Labute approximate surface area is 96.1 Å². The van der Waals surface area contributed by atoms with E-state index in [0.29, 0.717) is 0 Å². The lowest BCUT2D eigenvalue weighted by Crippen LogP contribution is -2.29. The Balaban J connectivity index is 2.60. The number of hydrogen-bond acceptors (Lipinski definition) is 3. The zero-order valence-corrected chi connectivity index (χ0v) is 10.4. The minimum Gasteiger partial charge on any atom is -0.295 e. The van der Waals surface area contributed by atoms with Crippen LogP contribution >= 0.6 is 11.3 Å². The molecule has 0 aliphatic carbocycles. The molecule has 0 saturated carbocycles. The molecule has 0 bridgehead atoms. The molecule has 1 aromatic heterocycles. The van der Waals surface area contributed by atoms with Crippen molar-refractivity contribution in [1.29, 1.82) is 0 Å². The van der Waals surface area contributed by atoms with Crippen LogP contribution in [0.4, 0.5) is 0 Å². The molecular weight excluding hydrogens is 204 g/mol.